The summed E-state index contributed by atoms with van der Waals surface area (Å²) in [5.74, 6) is 0.992. The lowest BCUT2D eigenvalue weighted by molar-refractivity contribution is -0.123. The van der Waals surface area contributed by atoms with Gasteiger partial charge in [0.25, 0.3) is 5.91 Å². The van der Waals surface area contributed by atoms with Crippen LogP contribution in [-0.2, 0) is 4.79 Å². The highest BCUT2D eigenvalue weighted by Crippen LogP contribution is 2.28. The highest BCUT2D eigenvalue weighted by molar-refractivity contribution is 6.30. The second kappa shape index (κ2) is 6.26. The van der Waals surface area contributed by atoms with Gasteiger partial charge >= 0.3 is 0 Å². The third-order valence-electron chi connectivity index (χ3n) is 3.07. The Morgan fingerprint density at radius 1 is 1.58 bits per heavy atom. The van der Waals surface area contributed by atoms with Crippen LogP contribution < -0.4 is 10.1 Å². The first kappa shape index (κ1) is 14.2. The van der Waals surface area contributed by atoms with Crippen molar-refractivity contribution in [1.29, 1.82) is 0 Å². The summed E-state index contributed by atoms with van der Waals surface area (Å²) in [5.41, 5.74) is 0.586. The number of nitrogens with one attached hydrogen (secondary N) is 1. The molecule has 1 aliphatic carbocycles. The molecular formula is C14H18ClNO3. The van der Waals surface area contributed by atoms with Crippen LogP contribution in [0.25, 0.3) is 0 Å². The molecule has 2 N–H and O–H groups in total. The van der Waals surface area contributed by atoms with E-state index in [9.17, 15) is 9.90 Å². The third kappa shape index (κ3) is 4.40. The number of aliphatic hydroxyl groups excluding tert-OH is 1. The largest absolute Gasteiger partial charge is 0.483 e. The lowest BCUT2D eigenvalue weighted by Gasteiger charge is -2.13. The van der Waals surface area contributed by atoms with Gasteiger partial charge in [-0.15, -0.1) is 0 Å². The second-order valence-corrected chi connectivity index (χ2v) is 5.33. The molecule has 0 unspecified atom stereocenters. The fraction of sp³-hybridized carbons (Fsp3) is 0.500. The van der Waals surface area contributed by atoms with Gasteiger partial charge < -0.3 is 15.2 Å². The van der Waals surface area contributed by atoms with Crippen LogP contribution in [0.4, 0.5) is 0 Å². The molecule has 2 rings (SSSR count). The molecule has 1 saturated carbocycles. The molecule has 1 aliphatic rings. The number of benzene rings is 1. The maximum Gasteiger partial charge on any atom is 0.257 e. The summed E-state index contributed by atoms with van der Waals surface area (Å²) in [7, 11) is 0. The van der Waals surface area contributed by atoms with E-state index in [2.05, 4.69) is 5.32 Å². The van der Waals surface area contributed by atoms with Crippen molar-refractivity contribution in [3.8, 4) is 5.75 Å². The number of carbonyl (C=O) groups excluding carboxylic acids is 1. The Morgan fingerprint density at radius 3 is 2.95 bits per heavy atom. The van der Waals surface area contributed by atoms with E-state index in [0.717, 1.165) is 6.54 Å². The van der Waals surface area contributed by atoms with Crippen molar-refractivity contribution >= 4 is 17.5 Å². The molecule has 1 aromatic carbocycles. The van der Waals surface area contributed by atoms with Crippen molar-refractivity contribution in [2.24, 2.45) is 5.92 Å². The van der Waals surface area contributed by atoms with Crippen LogP contribution in [0, 0.1) is 5.92 Å². The van der Waals surface area contributed by atoms with Gasteiger partial charge in [0, 0.05) is 17.1 Å². The van der Waals surface area contributed by atoms with Crippen molar-refractivity contribution in [2.45, 2.75) is 25.9 Å². The van der Waals surface area contributed by atoms with Gasteiger partial charge in [-0.05, 0) is 43.9 Å². The van der Waals surface area contributed by atoms with Gasteiger partial charge in [-0.1, -0.05) is 11.6 Å². The van der Waals surface area contributed by atoms with Crippen molar-refractivity contribution < 1.29 is 14.6 Å². The van der Waals surface area contributed by atoms with Crippen LogP contribution in [0.2, 0.25) is 5.02 Å². The topological polar surface area (TPSA) is 58.6 Å². The molecule has 1 amide bonds. The highest BCUT2D eigenvalue weighted by atomic mass is 35.5. The molecule has 19 heavy (non-hydrogen) atoms. The lowest BCUT2D eigenvalue weighted by Crippen LogP contribution is -2.30. The van der Waals surface area contributed by atoms with Gasteiger partial charge in [-0.3, -0.25) is 4.79 Å². The van der Waals surface area contributed by atoms with E-state index in [1.807, 2.05) is 0 Å². The minimum absolute atomic E-state index is 0.0475. The summed E-state index contributed by atoms with van der Waals surface area (Å²) >= 11 is 5.87. The molecule has 0 saturated heterocycles. The van der Waals surface area contributed by atoms with Gasteiger partial charge in [0.1, 0.15) is 5.75 Å². The van der Waals surface area contributed by atoms with Gasteiger partial charge in [0.05, 0.1) is 6.10 Å². The molecule has 0 heterocycles. The van der Waals surface area contributed by atoms with Gasteiger partial charge in [-0.25, -0.2) is 0 Å². The average Bonchev–Trinajstić information content (AvgIpc) is 3.18. The maximum atomic E-state index is 11.6. The molecule has 1 aromatic rings. The van der Waals surface area contributed by atoms with Crippen molar-refractivity contribution in [1.82, 2.24) is 5.32 Å². The minimum Gasteiger partial charge on any atom is -0.483 e. The smallest absolute Gasteiger partial charge is 0.257 e. The van der Waals surface area contributed by atoms with Crippen LogP contribution in [0.5, 0.6) is 5.75 Å². The molecule has 4 nitrogen and oxygen atoms in total. The Hall–Kier alpha value is -1.26. The zero-order valence-corrected chi connectivity index (χ0v) is 11.6. The lowest BCUT2D eigenvalue weighted by atomic mass is 10.1. The van der Waals surface area contributed by atoms with Gasteiger partial charge in [0.2, 0.25) is 0 Å². The molecule has 1 atom stereocenters. The molecule has 0 aromatic heterocycles. The quantitative estimate of drug-likeness (QED) is 0.842. The summed E-state index contributed by atoms with van der Waals surface area (Å²) in [6.07, 6.45) is 1.71. The third-order valence-corrected chi connectivity index (χ3v) is 3.30. The second-order valence-electron chi connectivity index (χ2n) is 4.89. The Bertz CT molecular complexity index is 458. The maximum absolute atomic E-state index is 11.6. The van der Waals surface area contributed by atoms with E-state index in [1.165, 1.54) is 12.8 Å². The predicted octanol–water partition coefficient (Wildman–Crippen LogP) is 2.30. The Kier molecular flexibility index (Phi) is 4.66. The molecule has 0 bridgehead atoms. The Balaban J connectivity index is 1.88. The number of hydrogen-bond acceptors (Lipinski definition) is 3. The van der Waals surface area contributed by atoms with Crippen LogP contribution in [-0.4, -0.2) is 24.2 Å². The predicted molar refractivity (Wildman–Crippen MR) is 73.3 cm³/mol. The summed E-state index contributed by atoms with van der Waals surface area (Å²) in [4.78, 5) is 11.6. The molecule has 0 radical (unpaired) electrons. The first-order valence-corrected chi connectivity index (χ1v) is 6.81. The summed E-state index contributed by atoms with van der Waals surface area (Å²) in [6.45, 7) is 2.31. The van der Waals surface area contributed by atoms with E-state index in [0.29, 0.717) is 22.3 Å². The fourth-order valence-electron chi connectivity index (χ4n) is 1.75. The standard InChI is InChI=1S/C14H18ClNO3/c1-9(17)12-6-11(15)4-5-13(12)19-8-14(18)16-7-10-2-3-10/h4-6,9-10,17H,2-3,7-8H2,1H3,(H,16,18)/t9-/m1/s1. The van der Waals surface area contributed by atoms with E-state index in [1.54, 1.807) is 25.1 Å². The number of aliphatic hydroxyl groups is 1. The summed E-state index contributed by atoms with van der Waals surface area (Å²) in [6, 6.07) is 4.98. The van der Waals surface area contributed by atoms with E-state index < -0.39 is 6.10 Å². The number of amides is 1. The number of rotatable bonds is 6. The summed E-state index contributed by atoms with van der Waals surface area (Å²) in [5, 5.41) is 13.0. The molecule has 5 heteroatoms. The fourth-order valence-corrected chi connectivity index (χ4v) is 1.93. The Morgan fingerprint density at radius 2 is 2.32 bits per heavy atom. The van der Waals surface area contributed by atoms with Crippen LogP contribution in [0.1, 0.15) is 31.4 Å². The highest BCUT2D eigenvalue weighted by Gasteiger charge is 2.21. The van der Waals surface area contributed by atoms with Crippen molar-refractivity contribution in [3.63, 3.8) is 0 Å². The molecule has 0 aliphatic heterocycles. The van der Waals surface area contributed by atoms with Gasteiger partial charge in [0.15, 0.2) is 6.61 Å². The average molecular weight is 284 g/mol. The van der Waals surface area contributed by atoms with Crippen LogP contribution in [0.3, 0.4) is 0 Å². The Labute approximate surface area is 117 Å². The zero-order chi connectivity index (χ0) is 13.8. The SMILES string of the molecule is C[C@@H](O)c1cc(Cl)ccc1OCC(=O)NCC1CC1. The zero-order valence-electron chi connectivity index (χ0n) is 10.9. The molecule has 1 fully saturated rings. The molecular weight excluding hydrogens is 266 g/mol. The normalized spacial score (nSPS) is 15.9. The van der Waals surface area contributed by atoms with Crippen LogP contribution in [0.15, 0.2) is 18.2 Å². The number of ether oxygens (including phenoxy) is 1. The van der Waals surface area contributed by atoms with Gasteiger partial charge in [-0.2, -0.15) is 0 Å². The number of carbonyl (C=O) groups is 1. The van der Waals surface area contributed by atoms with Crippen LogP contribution >= 0.6 is 11.6 Å². The monoisotopic (exact) mass is 283 g/mol. The first-order valence-electron chi connectivity index (χ1n) is 6.43. The van der Waals surface area contributed by atoms with Crippen molar-refractivity contribution in [3.05, 3.63) is 28.8 Å². The van der Waals surface area contributed by atoms with E-state index in [4.69, 9.17) is 16.3 Å². The molecule has 0 spiro atoms. The molecule has 104 valence electrons. The van der Waals surface area contributed by atoms with E-state index in [-0.39, 0.29) is 12.5 Å². The summed E-state index contributed by atoms with van der Waals surface area (Å²) < 4.78 is 5.44. The first-order chi connectivity index (χ1) is 9.06. The van der Waals surface area contributed by atoms with Crippen molar-refractivity contribution in [2.75, 3.05) is 13.2 Å². The number of halogens is 1. The minimum atomic E-state index is -0.691. The number of hydrogen-bond donors (Lipinski definition) is 2. The van der Waals surface area contributed by atoms with E-state index >= 15 is 0 Å².